The summed E-state index contributed by atoms with van der Waals surface area (Å²) < 4.78 is 27.8. The van der Waals surface area contributed by atoms with Crippen LogP contribution in [0.25, 0.3) is 0 Å². The van der Waals surface area contributed by atoms with Crippen molar-refractivity contribution in [1.29, 1.82) is 0 Å². The summed E-state index contributed by atoms with van der Waals surface area (Å²) >= 11 is 0. The van der Waals surface area contributed by atoms with Crippen LogP contribution in [0, 0.1) is 5.92 Å². The molecule has 3 saturated heterocycles. The summed E-state index contributed by atoms with van der Waals surface area (Å²) in [5.74, 6) is 0.316. The lowest BCUT2D eigenvalue weighted by atomic mass is 9.94. The largest absolute Gasteiger partial charge is 0.338 e. The zero-order chi connectivity index (χ0) is 18.0. The molecule has 4 heterocycles. The standard InChI is InChI=1S/C17H26N4O3S/c1-19(2)25(23,24)20-11-14-6-8-16(13-20)21(12-14)17(22)9-7-15-5-3-4-10-18-15/h3-5,10,14,16H,6-9,11-13H2,1-2H3/t14-,16+/m0/s1. The first-order valence-electron chi connectivity index (χ1n) is 8.75. The van der Waals surface area contributed by atoms with E-state index in [1.165, 1.54) is 4.31 Å². The summed E-state index contributed by atoms with van der Waals surface area (Å²) in [7, 11) is -0.328. The van der Waals surface area contributed by atoms with Crippen molar-refractivity contribution in [3.8, 4) is 0 Å². The second kappa shape index (κ2) is 7.39. The van der Waals surface area contributed by atoms with Crippen LogP contribution in [0.15, 0.2) is 24.4 Å². The number of piperidine rings is 1. The van der Waals surface area contributed by atoms with Crippen LogP contribution in [0.5, 0.6) is 0 Å². The molecular weight excluding hydrogens is 340 g/mol. The fraction of sp³-hybridized carbons (Fsp3) is 0.647. The van der Waals surface area contributed by atoms with Crippen LogP contribution < -0.4 is 0 Å². The molecule has 4 rings (SSSR count). The van der Waals surface area contributed by atoms with Gasteiger partial charge in [-0.1, -0.05) is 6.07 Å². The molecule has 0 N–H and O–H groups in total. The van der Waals surface area contributed by atoms with Gasteiger partial charge in [0.2, 0.25) is 5.91 Å². The van der Waals surface area contributed by atoms with E-state index in [-0.39, 0.29) is 17.9 Å². The highest BCUT2D eigenvalue weighted by molar-refractivity contribution is 7.86. The quantitative estimate of drug-likeness (QED) is 0.771. The van der Waals surface area contributed by atoms with Gasteiger partial charge in [0.15, 0.2) is 0 Å². The van der Waals surface area contributed by atoms with Crippen molar-refractivity contribution in [3.63, 3.8) is 0 Å². The molecule has 8 heteroatoms. The van der Waals surface area contributed by atoms with Crippen LogP contribution in [0.1, 0.15) is 25.0 Å². The van der Waals surface area contributed by atoms with Gasteiger partial charge in [-0.25, -0.2) is 0 Å². The van der Waals surface area contributed by atoms with E-state index in [0.29, 0.717) is 32.5 Å². The van der Waals surface area contributed by atoms with Crippen LogP contribution in [-0.2, 0) is 21.4 Å². The molecule has 1 aromatic heterocycles. The first-order chi connectivity index (χ1) is 11.9. The Morgan fingerprint density at radius 3 is 2.72 bits per heavy atom. The third kappa shape index (κ3) is 4.02. The molecule has 0 aliphatic carbocycles. The van der Waals surface area contributed by atoms with Crippen molar-refractivity contribution >= 4 is 16.1 Å². The van der Waals surface area contributed by atoms with E-state index in [1.54, 1.807) is 24.6 Å². The lowest BCUT2D eigenvalue weighted by Crippen LogP contribution is -2.48. The van der Waals surface area contributed by atoms with Gasteiger partial charge in [-0.3, -0.25) is 9.78 Å². The molecule has 3 fully saturated rings. The average molecular weight is 366 g/mol. The fourth-order valence-corrected chi connectivity index (χ4v) is 4.91. The van der Waals surface area contributed by atoms with Crippen molar-refractivity contribution < 1.29 is 13.2 Å². The fourth-order valence-electron chi connectivity index (χ4n) is 3.69. The van der Waals surface area contributed by atoms with Gasteiger partial charge >= 0.3 is 0 Å². The monoisotopic (exact) mass is 366 g/mol. The molecule has 25 heavy (non-hydrogen) atoms. The lowest BCUT2D eigenvalue weighted by molar-refractivity contribution is -0.135. The van der Waals surface area contributed by atoms with Crippen LogP contribution in [0.3, 0.4) is 0 Å². The Bertz CT molecular complexity index is 708. The van der Waals surface area contributed by atoms with E-state index in [4.69, 9.17) is 0 Å². The normalized spacial score (nSPS) is 24.5. The minimum atomic E-state index is -3.43. The number of fused-ring (bicyclic) bond motifs is 4. The SMILES string of the molecule is CN(C)S(=O)(=O)N1C[C@@H]2CC[C@H](C1)N(C(=O)CCc1ccccn1)C2. The van der Waals surface area contributed by atoms with Crippen LogP contribution in [0.4, 0.5) is 0 Å². The lowest BCUT2D eigenvalue weighted by Gasteiger charge is -2.36. The topological polar surface area (TPSA) is 73.8 Å². The van der Waals surface area contributed by atoms with E-state index in [9.17, 15) is 13.2 Å². The molecule has 0 saturated carbocycles. The highest BCUT2D eigenvalue weighted by Crippen LogP contribution is 2.30. The van der Waals surface area contributed by atoms with Crippen LogP contribution >= 0.6 is 0 Å². The maximum absolute atomic E-state index is 12.7. The molecular formula is C17H26N4O3S. The van der Waals surface area contributed by atoms with E-state index < -0.39 is 10.2 Å². The number of carbonyl (C=O) groups is 1. The molecule has 3 aliphatic heterocycles. The molecule has 7 nitrogen and oxygen atoms in total. The molecule has 2 bridgehead atoms. The highest BCUT2D eigenvalue weighted by atomic mass is 32.2. The van der Waals surface area contributed by atoms with Gasteiger partial charge in [0.05, 0.1) is 0 Å². The average Bonchev–Trinajstić information content (AvgIpc) is 2.93. The Hall–Kier alpha value is -1.51. The molecule has 0 aromatic carbocycles. The Morgan fingerprint density at radius 2 is 2.04 bits per heavy atom. The zero-order valence-corrected chi connectivity index (χ0v) is 15.7. The molecule has 0 radical (unpaired) electrons. The van der Waals surface area contributed by atoms with Gasteiger partial charge in [0, 0.05) is 58.1 Å². The maximum Gasteiger partial charge on any atom is 0.281 e. The van der Waals surface area contributed by atoms with E-state index in [2.05, 4.69) is 4.98 Å². The number of hydrogen-bond acceptors (Lipinski definition) is 4. The molecule has 3 aliphatic rings. The molecule has 2 atom stereocenters. The molecule has 0 unspecified atom stereocenters. The predicted octanol–water partition coefficient (Wildman–Crippen LogP) is 0.743. The molecule has 0 spiro atoms. The van der Waals surface area contributed by atoms with Crippen molar-refractivity contribution in [2.24, 2.45) is 5.92 Å². The Morgan fingerprint density at radius 1 is 1.24 bits per heavy atom. The van der Waals surface area contributed by atoms with Gasteiger partial charge in [-0.05, 0) is 37.3 Å². The number of aryl methyl sites for hydroxylation is 1. The summed E-state index contributed by atoms with van der Waals surface area (Å²) in [6.45, 7) is 1.55. The summed E-state index contributed by atoms with van der Waals surface area (Å²) in [5, 5.41) is 0. The summed E-state index contributed by atoms with van der Waals surface area (Å²) in [6.07, 6.45) is 4.62. The molecule has 1 aromatic rings. The second-order valence-corrected chi connectivity index (χ2v) is 9.21. The number of aromatic nitrogens is 1. The highest BCUT2D eigenvalue weighted by Gasteiger charge is 2.41. The zero-order valence-electron chi connectivity index (χ0n) is 14.8. The number of pyridine rings is 1. The second-order valence-electron chi connectivity index (χ2n) is 7.07. The van der Waals surface area contributed by atoms with Crippen molar-refractivity contribution in [2.45, 2.75) is 31.7 Å². The maximum atomic E-state index is 12.7. The van der Waals surface area contributed by atoms with Crippen LogP contribution in [0.2, 0.25) is 0 Å². The minimum Gasteiger partial charge on any atom is -0.338 e. The van der Waals surface area contributed by atoms with E-state index >= 15 is 0 Å². The Kier molecular flexibility index (Phi) is 5.41. The molecule has 1 amide bonds. The number of nitrogens with zero attached hydrogens (tertiary/aromatic N) is 4. The van der Waals surface area contributed by atoms with Gasteiger partial charge in [0.1, 0.15) is 0 Å². The van der Waals surface area contributed by atoms with Crippen molar-refractivity contribution in [2.75, 3.05) is 33.7 Å². The molecule has 138 valence electrons. The van der Waals surface area contributed by atoms with Crippen LogP contribution in [-0.4, -0.2) is 72.6 Å². The first-order valence-corrected chi connectivity index (χ1v) is 10.1. The van der Waals surface area contributed by atoms with Gasteiger partial charge in [-0.2, -0.15) is 17.0 Å². The summed E-state index contributed by atoms with van der Waals surface area (Å²) in [4.78, 5) is 18.9. The Labute approximate surface area is 149 Å². The van der Waals surface area contributed by atoms with E-state index in [1.807, 2.05) is 23.1 Å². The number of carbonyl (C=O) groups excluding carboxylic acids is 1. The van der Waals surface area contributed by atoms with E-state index in [0.717, 1.165) is 18.5 Å². The van der Waals surface area contributed by atoms with Crippen molar-refractivity contribution in [3.05, 3.63) is 30.1 Å². The first kappa shape index (κ1) is 18.3. The predicted molar refractivity (Wildman–Crippen MR) is 95.0 cm³/mol. The third-order valence-electron chi connectivity index (χ3n) is 5.11. The van der Waals surface area contributed by atoms with Gasteiger partial charge in [-0.15, -0.1) is 0 Å². The number of amides is 1. The van der Waals surface area contributed by atoms with Gasteiger partial charge in [0.25, 0.3) is 10.2 Å². The summed E-state index contributed by atoms with van der Waals surface area (Å²) in [6, 6.07) is 5.68. The minimum absolute atomic E-state index is 0.0234. The van der Waals surface area contributed by atoms with Crippen molar-refractivity contribution in [1.82, 2.24) is 18.5 Å². The van der Waals surface area contributed by atoms with Gasteiger partial charge < -0.3 is 4.90 Å². The third-order valence-corrected chi connectivity index (χ3v) is 6.98. The Balaban J connectivity index is 1.67. The smallest absolute Gasteiger partial charge is 0.281 e. The number of rotatable bonds is 5. The number of hydrogen-bond donors (Lipinski definition) is 0. The summed E-state index contributed by atoms with van der Waals surface area (Å²) in [5.41, 5.74) is 0.910.